The summed E-state index contributed by atoms with van der Waals surface area (Å²) in [5.41, 5.74) is 1.34. The number of carbonyl (C=O) groups is 3. The Morgan fingerprint density at radius 2 is 1.85 bits per heavy atom. The van der Waals surface area contributed by atoms with E-state index >= 15 is 0 Å². The SMILES string of the molecule is CCCCN1C(=O)c2ccc(C(=O)N3C(C)CC4CCCCC43)cc2C1=O. The van der Waals surface area contributed by atoms with Gasteiger partial charge in [-0.05, 0) is 56.7 Å². The third-order valence-electron chi connectivity index (χ3n) is 6.53. The maximum atomic E-state index is 13.3. The van der Waals surface area contributed by atoms with E-state index in [1.165, 1.54) is 24.2 Å². The second-order valence-corrected chi connectivity index (χ2v) is 8.28. The van der Waals surface area contributed by atoms with E-state index in [0.717, 1.165) is 25.7 Å². The van der Waals surface area contributed by atoms with Crippen molar-refractivity contribution in [1.82, 2.24) is 9.80 Å². The van der Waals surface area contributed by atoms with Crippen molar-refractivity contribution in [3.63, 3.8) is 0 Å². The summed E-state index contributed by atoms with van der Waals surface area (Å²) in [6, 6.07) is 5.59. The fourth-order valence-corrected chi connectivity index (χ4v) is 5.15. The number of carbonyl (C=O) groups excluding carboxylic acids is 3. The molecule has 3 atom stereocenters. The molecule has 27 heavy (non-hydrogen) atoms. The van der Waals surface area contributed by atoms with Crippen molar-refractivity contribution in [1.29, 1.82) is 0 Å². The molecule has 3 amide bonds. The molecule has 3 unspecified atom stereocenters. The summed E-state index contributed by atoms with van der Waals surface area (Å²) in [6.07, 6.45) is 7.53. The largest absolute Gasteiger partial charge is 0.333 e. The van der Waals surface area contributed by atoms with Crippen LogP contribution in [0.15, 0.2) is 18.2 Å². The minimum absolute atomic E-state index is 0.00644. The van der Waals surface area contributed by atoms with Gasteiger partial charge in [-0.3, -0.25) is 19.3 Å². The van der Waals surface area contributed by atoms with E-state index in [1.54, 1.807) is 18.2 Å². The summed E-state index contributed by atoms with van der Waals surface area (Å²) in [5, 5.41) is 0. The summed E-state index contributed by atoms with van der Waals surface area (Å²) in [5.74, 6) is 0.124. The van der Waals surface area contributed by atoms with E-state index in [1.807, 2.05) is 11.8 Å². The Hall–Kier alpha value is -2.17. The van der Waals surface area contributed by atoms with Crippen LogP contribution in [-0.4, -0.2) is 46.1 Å². The summed E-state index contributed by atoms with van der Waals surface area (Å²) >= 11 is 0. The van der Waals surface area contributed by atoms with Crippen LogP contribution in [-0.2, 0) is 0 Å². The molecular weight excluding hydrogens is 340 g/mol. The van der Waals surface area contributed by atoms with Gasteiger partial charge in [-0.2, -0.15) is 0 Å². The molecule has 1 aromatic carbocycles. The van der Waals surface area contributed by atoms with Crippen molar-refractivity contribution < 1.29 is 14.4 Å². The molecule has 0 radical (unpaired) electrons. The minimum Gasteiger partial charge on any atom is -0.333 e. The van der Waals surface area contributed by atoms with Crippen molar-refractivity contribution in [3.8, 4) is 0 Å². The standard InChI is InChI=1S/C22H28N2O3/c1-3-4-11-23-21(26)17-10-9-16(13-18(17)22(23)27)20(25)24-14(2)12-15-7-5-6-8-19(15)24/h9-10,13-15,19H,3-8,11-12H2,1-2H3. The molecule has 4 rings (SSSR count). The van der Waals surface area contributed by atoms with E-state index in [2.05, 4.69) is 6.92 Å². The molecule has 0 bridgehead atoms. The average Bonchev–Trinajstić information content (AvgIpc) is 3.13. The first kappa shape index (κ1) is 18.2. The molecule has 1 saturated carbocycles. The Balaban J connectivity index is 1.60. The zero-order valence-corrected chi connectivity index (χ0v) is 16.2. The highest BCUT2D eigenvalue weighted by Gasteiger charge is 2.43. The van der Waals surface area contributed by atoms with Crippen molar-refractivity contribution in [2.45, 2.75) is 70.9 Å². The molecule has 0 aromatic heterocycles. The van der Waals surface area contributed by atoms with Crippen LogP contribution in [0.2, 0.25) is 0 Å². The number of imide groups is 1. The molecule has 0 N–H and O–H groups in total. The van der Waals surface area contributed by atoms with Gasteiger partial charge in [0.05, 0.1) is 11.1 Å². The van der Waals surface area contributed by atoms with E-state index in [4.69, 9.17) is 0 Å². The third kappa shape index (κ3) is 2.97. The number of unbranched alkanes of at least 4 members (excludes halogenated alkanes) is 1. The van der Waals surface area contributed by atoms with Crippen molar-refractivity contribution >= 4 is 17.7 Å². The Kier molecular flexibility index (Phi) is 4.79. The van der Waals surface area contributed by atoms with Gasteiger partial charge in [-0.1, -0.05) is 26.2 Å². The quantitative estimate of drug-likeness (QED) is 0.758. The molecule has 2 heterocycles. The molecule has 1 saturated heterocycles. The molecule has 5 nitrogen and oxygen atoms in total. The number of benzene rings is 1. The summed E-state index contributed by atoms with van der Waals surface area (Å²) in [7, 11) is 0. The number of likely N-dealkylation sites (tertiary alicyclic amines) is 1. The van der Waals surface area contributed by atoms with Crippen LogP contribution >= 0.6 is 0 Å². The molecule has 2 fully saturated rings. The van der Waals surface area contributed by atoms with E-state index in [-0.39, 0.29) is 23.8 Å². The molecule has 3 aliphatic rings. The first-order chi connectivity index (χ1) is 13.0. The second-order valence-electron chi connectivity index (χ2n) is 8.28. The minimum atomic E-state index is -0.261. The van der Waals surface area contributed by atoms with Crippen LogP contribution in [0.4, 0.5) is 0 Å². The van der Waals surface area contributed by atoms with Crippen molar-refractivity contribution in [2.75, 3.05) is 6.54 Å². The summed E-state index contributed by atoms with van der Waals surface area (Å²) < 4.78 is 0. The van der Waals surface area contributed by atoms with Gasteiger partial charge in [-0.25, -0.2) is 0 Å². The highest BCUT2D eigenvalue weighted by molar-refractivity contribution is 6.22. The van der Waals surface area contributed by atoms with E-state index in [0.29, 0.717) is 35.2 Å². The van der Waals surface area contributed by atoms with Gasteiger partial charge in [0, 0.05) is 24.2 Å². The number of rotatable bonds is 4. The van der Waals surface area contributed by atoms with Crippen LogP contribution < -0.4 is 0 Å². The average molecular weight is 368 g/mol. The lowest BCUT2D eigenvalue weighted by Crippen LogP contribution is -2.42. The number of amides is 3. The van der Waals surface area contributed by atoms with Gasteiger partial charge >= 0.3 is 0 Å². The van der Waals surface area contributed by atoms with E-state index < -0.39 is 0 Å². The van der Waals surface area contributed by atoms with Crippen LogP contribution in [0.1, 0.15) is 89.9 Å². The van der Waals surface area contributed by atoms with Gasteiger partial charge in [0.2, 0.25) is 0 Å². The Morgan fingerprint density at radius 1 is 1.11 bits per heavy atom. The van der Waals surface area contributed by atoms with Gasteiger partial charge in [0.15, 0.2) is 0 Å². The lowest BCUT2D eigenvalue weighted by Gasteiger charge is -2.33. The highest BCUT2D eigenvalue weighted by atomic mass is 16.2. The fraction of sp³-hybridized carbons (Fsp3) is 0.591. The second kappa shape index (κ2) is 7.10. The normalized spacial score (nSPS) is 27.1. The van der Waals surface area contributed by atoms with Gasteiger partial charge in [0.1, 0.15) is 0 Å². The summed E-state index contributed by atoms with van der Waals surface area (Å²) in [4.78, 5) is 41.8. The predicted molar refractivity (Wildman–Crippen MR) is 103 cm³/mol. The number of hydrogen-bond donors (Lipinski definition) is 0. The van der Waals surface area contributed by atoms with Crippen LogP contribution in [0.3, 0.4) is 0 Å². The zero-order chi connectivity index (χ0) is 19.1. The maximum absolute atomic E-state index is 13.3. The Bertz CT molecular complexity index is 788. The van der Waals surface area contributed by atoms with Gasteiger partial charge < -0.3 is 4.90 Å². The van der Waals surface area contributed by atoms with Gasteiger partial charge in [0.25, 0.3) is 17.7 Å². The molecule has 5 heteroatoms. The molecule has 1 aromatic rings. The monoisotopic (exact) mass is 368 g/mol. The predicted octanol–water partition coefficient (Wildman–Crippen LogP) is 3.88. The molecule has 0 spiro atoms. The van der Waals surface area contributed by atoms with Crippen LogP contribution in [0.25, 0.3) is 0 Å². The molecular formula is C22H28N2O3. The molecule has 144 valence electrons. The Morgan fingerprint density at radius 3 is 2.63 bits per heavy atom. The molecule has 2 aliphatic heterocycles. The first-order valence-electron chi connectivity index (χ1n) is 10.4. The van der Waals surface area contributed by atoms with E-state index in [9.17, 15) is 14.4 Å². The number of fused-ring (bicyclic) bond motifs is 2. The highest BCUT2D eigenvalue weighted by Crippen LogP contribution is 2.40. The van der Waals surface area contributed by atoms with Crippen LogP contribution in [0, 0.1) is 5.92 Å². The Labute approximate surface area is 160 Å². The number of hydrogen-bond acceptors (Lipinski definition) is 3. The number of nitrogens with zero attached hydrogens (tertiary/aromatic N) is 2. The van der Waals surface area contributed by atoms with Gasteiger partial charge in [-0.15, -0.1) is 0 Å². The van der Waals surface area contributed by atoms with Crippen molar-refractivity contribution in [3.05, 3.63) is 34.9 Å². The van der Waals surface area contributed by atoms with Crippen LogP contribution in [0.5, 0.6) is 0 Å². The smallest absolute Gasteiger partial charge is 0.261 e. The lowest BCUT2D eigenvalue weighted by atomic mass is 9.85. The zero-order valence-electron chi connectivity index (χ0n) is 16.2. The lowest BCUT2D eigenvalue weighted by molar-refractivity contribution is 0.0630. The van der Waals surface area contributed by atoms with Crippen molar-refractivity contribution in [2.24, 2.45) is 5.92 Å². The maximum Gasteiger partial charge on any atom is 0.261 e. The third-order valence-corrected chi connectivity index (χ3v) is 6.53. The first-order valence-corrected chi connectivity index (χ1v) is 10.4. The topological polar surface area (TPSA) is 57.7 Å². The molecule has 1 aliphatic carbocycles. The summed E-state index contributed by atoms with van der Waals surface area (Å²) in [6.45, 7) is 4.61. The fourth-order valence-electron chi connectivity index (χ4n) is 5.15.